The summed E-state index contributed by atoms with van der Waals surface area (Å²) in [6.45, 7) is 0. The van der Waals surface area contributed by atoms with Crippen LogP contribution in [0.15, 0.2) is 48.8 Å². The van der Waals surface area contributed by atoms with Crippen LogP contribution >= 0.6 is 0 Å². The average molecular weight is 335 g/mol. The molecule has 0 saturated carbocycles. The number of amides is 1. The number of nitrogens with zero attached hydrogens (tertiary/aromatic N) is 4. The lowest BCUT2D eigenvalue weighted by atomic mass is 10.1. The third kappa shape index (κ3) is 2.84. The van der Waals surface area contributed by atoms with Crippen molar-refractivity contribution >= 4 is 5.91 Å². The van der Waals surface area contributed by atoms with E-state index in [9.17, 15) is 4.79 Å². The van der Waals surface area contributed by atoms with Gasteiger partial charge in [-0.2, -0.15) is 4.68 Å². The van der Waals surface area contributed by atoms with Gasteiger partial charge in [-0.1, -0.05) is 24.3 Å². The van der Waals surface area contributed by atoms with Crippen molar-refractivity contribution in [3.63, 3.8) is 0 Å². The topological polar surface area (TPSA) is 81.9 Å². The summed E-state index contributed by atoms with van der Waals surface area (Å²) >= 11 is 0. The van der Waals surface area contributed by atoms with Crippen LogP contribution in [0.1, 0.15) is 33.9 Å². The quantitative estimate of drug-likeness (QED) is 0.789. The molecule has 7 heteroatoms. The lowest BCUT2D eigenvalue weighted by Gasteiger charge is -2.15. The lowest BCUT2D eigenvalue weighted by Crippen LogP contribution is -2.27. The molecule has 1 heterocycles. The Hall–Kier alpha value is -3.22. The molecule has 126 valence electrons. The molecule has 3 aromatic rings. The van der Waals surface area contributed by atoms with Gasteiger partial charge in [0.2, 0.25) is 0 Å². The molecule has 1 unspecified atom stereocenters. The Morgan fingerprint density at radius 3 is 2.96 bits per heavy atom. The molecule has 0 spiro atoms. The maximum Gasteiger partial charge on any atom is 0.251 e. The van der Waals surface area contributed by atoms with Gasteiger partial charge in [-0.3, -0.25) is 4.79 Å². The Kier molecular flexibility index (Phi) is 3.89. The van der Waals surface area contributed by atoms with Crippen molar-refractivity contribution < 1.29 is 9.53 Å². The van der Waals surface area contributed by atoms with Gasteiger partial charge in [0.1, 0.15) is 17.8 Å². The fourth-order valence-corrected chi connectivity index (χ4v) is 3.23. The van der Waals surface area contributed by atoms with Gasteiger partial charge in [-0.25, -0.2) is 0 Å². The first-order valence-electron chi connectivity index (χ1n) is 8.06. The van der Waals surface area contributed by atoms with E-state index in [0.29, 0.717) is 17.0 Å². The predicted octanol–water partition coefficient (Wildman–Crippen LogP) is 2.09. The van der Waals surface area contributed by atoms with Crippen molar-refractivity contribution in [2.24, 2.45) is 0 Å². The zero-order valence-corrected chi connectivity index (χ0v) is 13.7. The van der Waals surface area contributed by atoms with E-state index in [1.54, 1.807) is 25.3 Å². The molecule has 25 heavy (non-hydrogen) atoms. The van der Waals surface area contributed by atoms with Crippen LogP contribution in [0, 0.1) is 0 Å². The average Bonchev–Trinajstić information content (AvgIpc) is 3.32. The Morgan fingerprint density at radius 1 is 1.28 bits per heavy atom. The van der Waals surface area contributed by atoms with Gasteiger partial charge in [0.15, 0.2) is 0 Å². The standard InChI is InChI=1S/C18H17N5O2/c1-25-17-9-7-13(10-16(17)23-11-19-21-22-23)18(24)20-15-8-6-12-4-2-3-5-14(12)15/h2-5,7,9-11,15H,6,8H2,1H3,(H,20,24). The predicted molar refractivity (Wildman–Crippen MR) is 90.7 cm³/mol. The summed E-state index contributed by atoms with van der Waals surface area (Å²) in [6.07, 6.45) is 3.37. The van der Waals surface area contributed by atoms with Gasteiger partial charge in [-0.15, -0.1) is 5.10 Å². The van der Waals surface area contributed by atoms with Gasteiger partial charge in [0.05, 0.1) is 13.2 Å². The maximum atomic E-state index is 12.7. The molecule has 0 saturated heterocycles. The van der Waals surface area contributed by atoms with Crippen LogP contribution in [0.2, 0.25) is 0 Å². The van der Waals surface area contributed by atoms with E-state index in [-0.39, 0.29) is 11.9 Å². The second kappa shape index (κ2) is 6.35. The summed E-state index contributed by atoms with van der Waals surface area (Å²) < 4.78 is 6.81. The molecule has 1 aromatic heterocycles. The van der Waals surface area contributed by atoms with E-state index < -0.39 is 0 Å². The van der Waals surface area contributed by atoms with Crippen molar-refractivity contribution in [1.82, 2.24) is 25.5 Å². The number of fused-ring (bicyclic) bond motifs is 1. The third-order valence-electron chi connectivity index (χ3n) is 4.48. The molecular weight excluding hydrogens is 318 g/mol. The second-order valence-electron chi connectivity index (χ2n) is 5.90. The van der Waals surface area contributed by atoms with E-state index in [1.807, 2.05) is 12.1 Å². The number of hydrogen-bond acceptors (Lipinski definition) is 5. The number of tetrazole rings is 1. The summed E-state index contributed by atoms with van der Waals surface area (Å²) in [5.74, 6) is 0.466. The largest absolute Gasteiger partial charge is 0.494 e. The van der Waals surface area contributed by atoms with Crippen LogP contribution < -0.4 is 10.1 Å². The molecule has 7 nitrogen and oxygen atoms in total. The number of nitrogens with one attached hydrogen (secondary N) is 1. The molecule has 2 aromatic carbocycles. The van der Waals surface area contributed by atoms with Crippen LogP contribution in [0.3, 0.4) is 0 Å². The minimum atomic E-state index is -0.126. The Bertz CT molecular complexity index is 908. The number of carbonyl (C=O) groups is 1. The molecule has 1 N–H and O–H groups in total. The van der Waals surface area contributed by atoms with Crippen molar-refractivity contribution in [3.05, 3.63) is 65.5 Å². The molecule has 0 radical (unpaired) electrons. The second-order valence-corrected chi connectivity index (χ2v) is 5.90. The van der Waals surface area contributed by atoms with Gasteiger partial charge < -0.3 is 10.1 Å². The smallest absolute Gasteiger partial charge is 0.251 e. The highest BCUT2D eigenvalue weighted by Crippen LogP contribution is 2.31. The normalized spacial score (nSPS) is 15.6. The highest BCUT2D eigenvalue weighted by Gasteiger charge is 2.24. The summed E-state index contributed by atoms with van der Waals surface area (Å²) in [4.78, 5) is 12.7. The van der Waals surface area contributed by atoms with Crippen molar-refractivity contribution in [2.45, 2.75) is 18.9 Å². The number of rotatable bonds is 4. The molecule has 0 bridgehead atoms. The van der Waals surface area contributed by atoms with Crippen LogP contribution in [0.4, 0.5) is 0 Å². The maximum absolute atomic E-state index is 12.7. The molecule has 0 aliphatic heterocycles. The Labute approximate surface area is 144 Å². The molecule has 0 fully saturated rings. The number of ether oxygens (including phenoxy) is 1. The summed E-state index contributed by atoms with van der Waals surface area (Å²) in [7, 11) is 1.57. The van der Waals surface area contributed by atoms with Crippen molar-refractivity contribution in [3.8, 4) is 11.4 Å². The molecule has 1 aliphatic rings. The third-order valence-corrected chi connectivity index (χ3v) is 4.48. The van der Waals surface area contributed by atoms with Gasteiger partial charge in [0, 0.05) is 5.56 Å². The zero-order valence-electron chi connectivity index (χ0n) is 13.7. The van der Waals surface area contributed by atoms with E-state index in [4.69, 9.17) is 4.74 Å². The number of carbonyl (C=O) groups excluding carboxylic acids is 1. The molecule has 1 amide bonds. The fourth-order valence-electron chi connectivity index (χ4n) is 3.23. The zero-order chi connectivity index (χ0) is 17.2. The van der Waals surface area contributed by atoms with Crippen molar-refractivity contribution in [2.75, 3.05) is 7.11 Å². The lowest BCUT2D eigenvalue weighted by molar-refractivity contribution is 0.0936. The Morgan fingerprint density at radius 2 is 2.16 bits per heavy atom. The first-order valence-corrected chi connectivity index (χ1v) is 8.06. The molecule has 1 aliphatic carbocycles. The molecule has 1 atom stereocenters. The van der Waals surface area contributed by atoms with Gasteiger partial charge in [0.25, 0.3) is 5.91 Å². The summed E-state index contributed by atoms with van der Waals surface area (Å²) in [6, 6.07) is 13.5. The first-order chi connectivity index (χ1) is 12.3. The first kappa shape index (κ1) is 15.3. The van der Waals surface area contributed by atoms with Crippen LogP contribution in [-0.4, -0.2) is 33.2 Å². The number of benzene rings is 2. The number of hydrogen-bond donors (Lipinski definition) is 1. The van der Waals surface area contributed by atoms with Gasteiger partial charge in [-0.05, 0) is 52.6 Å². The van der Waals surface area contributed by atoms with Gasteiger partial charge >= 0.3 is 0 Å². The van der Waals surface area contributed by atoms with Crippen molar-refractivity contribution in [1.29, 1.82) is 0 Å². The van der Waals surface area contributed by atoms with E-state index in [2.05, 4.69) is 33.0 Å². The van der Waals surface area contributed by atoms with E-state index >= 15 is 0 Å². The van der Waals surface area contributed by atoms with E-state index in [0.717, 1.165) is 12.8 Å². The summed E-state index contributed by atoms with van der Waals surface area (Å²) in [5.41, 5.74) is 3.66. The highest BCUT2D eigenvalue weighted by molar-refractivity contribution is 5.95. The van der Waals surface area contributed by atoms with Crippen LogP contribution in [-0.2, 0) is 6.42 Å². The van der Waals surface area contributed by atoms with Crippen LogP contribution in [0.5, 0.6) is 5.75 Å². The van der Waals surface area contributed by atoms with E-state index in [1.165, 1.54) is 22.1 Å². The fraction of sp³-hybridized carbons (Fsp3) is 0.222. The molecule has 4 rings (SSSR count). The minimum Gasteiger partial charge on any atom is -0.494 e. The van der Waals surface area contributed by atoms with Crippen LogP contribution in [0.25, 0.3) is 5.69 Å². The monoisotopic (exact) mass is 335 g/mol. The number of methoxy groups -OCH3 is 1. The SMILES string of the molecule is COc1ccc(C(=O)NC2CCc3ccccc32)cc1-n1cnnn1. The number of aryl methyl sites for hydroxylation is 1. The Balaban J connectivity index is 1.60. The summed E-state index contributed by atoms with van der Waals surface area (Å²) in [5, 5.41) is 14.3. The molecular formula is C18H17N5O2. The minimum absolute atomic E-state index is 0.0438. The highest BCUT2D eigenvalue weighted by atomic mass is 16.5. The number of aromatic nitrogens is 4.